The standard InChI is InChI=1S/C11H10F2N2S/c1-14-11-15(2)10(6-16-11)8-5-7(12)3-4-9(8)13/h3-6H,1-2H3. The van der Waals surface area contributed by atoms with Crippen molar-refractivity contribution in [3.8, 4) is 11.3 Å². The summed E-state index contributed by atoms with van der Waals surface area (Å²) in [5, 5.41) is 1.76. The zero-order valence-corrected chi connectivity index (χ0v) is 9.68. The van der Waals surface area contributed by atoms with Gasteiger partial charge >= 0.3 is 0 Å². The Bertz CT molecular complexity index is 584. The summed E-state index contributed by atoms with van der Waals surface area (Å²) in [6, 6.07) is 3.43. The Balaban J connectivity index is 2.67. The molecule has 1 aromatic heterocycles. The number of aromatic nitrogens is 1. The van der Waals surface area contributed by atoms with Gasteiger partial charge in [0.15, 0.2) is 4.80 Å². The second kappa shape index (κ2) is 4.17. The van der Waals surface area contributed by atoms with E-state index in [0.717, 1.165) is 16.9 Å². The first-order valence-corrected chi connectivity index (χ1v) is 5.54. The topological polar surface area (TPSA) is 17.3 Å². The van der Waals surface area contributed by atoms with E-state index in [4.69, 9.17) is 0 Å². The summed E-state index contributed by atoms with van der Waals surface area (Å²) in [5.74, 6) is -0.880. The van der Waals surface area contributed by atoms with Crippen LogP contribution in [0.5, 0.6) is 0 Å². The van der Waals surface area contributed by atoms with E-state index in [9.17, 15) is 8.78 Å². The summed E-state index contributed by atoms with van der Waals surface area (Å²) >= 11 is 1.39. The van der Waals surface area contributed by atoms with Crippen LogP contribution in [-0.4, -0.2) is 11.6 Å². The van der Waals surface area contributed by atoms with Gasteiger partial charge in [0.1, 0.15) is 11.6 Å². The zero-order chi connectivity index (χ0) is 11.7. The van der Waals surface area contributed by atoms with Crippen LogP contribution in [0.3, 0.4) is 0 Å². The first kappa shape index (κ1) is 11.0. The lowest BCUT2D eigenvalue weighted by molar-refractivity contribution is 0.601. The van der Waals surface area contributed by atoms with Gasteiger partial charge in [0.25, 0.3) is 0 Å². The fourth-order valence-electron chi connectivity index (χ4n) is 1.51. The molecule has 5 heteroatoms. The maximum absolute atomic E-state index is 13.5. The first-order valence-electron chi connectivity index (χ1n) is 4.66. The molecule has 2 nitrogen and oxygen atoms in total. The minimum absolute atomic E-state index is 0.258. The third-order valence-corrected chi connectivity index (χ3v) is 3.33. The number of hydrogen-bond acceptors (Lipinski definition) is 2. The summed E-state index contributed by atoms with van der Waals surface area (Å²) < 4.78 is 28.3. The second-order valence-electron chi connectivity index (χ2n) is 3.31. The molecule has 0 aliphatic carbocycles. The fourth-order valence-corrected chi connectivity index (χ4v) is 2.37. The number of nitrogens with zero attached hydrogens (tertiary/aromatic N) is 2. The van der Waals surface area contributed by atoms with E-state index in [2.05, 4.69) is 4.99 Å². The van der Waals surface area contributed by atoms with E-state index in [1.165, 1.54) is 17.4 Å². The molecule has 0 N–H and O–H groups in total. The van der Waals surface area contributed by atoms with Gasteiger partial charge in [0, 0.05) is 25.0 Å². The molecule has 2 rings (SSSR count). The summed E-state index contributed by atoms with van der Waals surface area (Å²) in [4.78, 5) is 4.80. The molecule has 1 aromatic carbocycles. The van der Waals surface area contributed by atoms with E-state index >= 15 is 0 Å². The monoisotopic (exact) mass is 240 g/mol. The van der Waals surface area contributed by atoms with Gasteiger partial charge in [-0.25, -0.2) is 8.78 Å². The Morgan fingerprint density at radius 3 is 2.69 bits per heavy atom. The van der Waals surface area contributed by atoms with Gasteiger partial charge in [-0.05, 0) is 18.2 Å². The molecule has 0 aliphatic rings. The Labute approximate surface area is 95.5 Å². The van der Waals surface area contributed by atoms with Crippen molar-refractivity contribution >= 4 is 11.3 Å². The highest BCUT2D eigenvalue weighted by Crippen LogP contribution is 2.23. The Hall–Kier alpha value is -1.49. The summed E-state index contributed by atoms with van der Waals surface area (Å²) in [6.07, 6.45) is 0. The average Bonchev–Trinajstić information content (AvgIpc) is 2.63. The van der Waals surface area contributed by atoms with E-state index < -0.39 is 11.6 Å². The average molecular weight is 240 g/mol. The Morgan fingerprint density at radius 1 is 1.31 bits per heavy atom. The molecular weight excluding hydrogens is 230 g/mol. The summed E-state index contributed by atoms with van der Waals surface area (Å²) in [6.45, 7) is 0. The molecule has 0 aliphatic heterocycles. The summed E-state index contributed by atoms with van der Waals surface area (Å²) in [5.41, 5.74) is 0.885. The van der Waals surface area contributed by atoms with Crippen molar-refractivity contribution in [3.63, 3.8) is 0 Å². The van der Waals surface area contributed by atoms with Crippen LogP contribution in [-0.2, 0) is 7.05 Å². The molecule has 0 bridgehead atoms. The summed E-state index contributed by atoms with van der Waals surface area (Å²) in [7, 11) is 3.44. The van der Waals surface area contributed by atoms with Gasteiger partial charge in [0.2, 0.25) is 0 Å². The van der Waals surface area contributed by atoms with Gasteiger partial charge in [-0.3, -0.25) is 4.99 Å². The van der Waals surface area contributed by atoms with Crippen LogP contribution in [0.2, 0.25) is 0 Å². The van der Waals surface area contributed by atoms with Crippen LogP contribution < -0.4 is 4.80 Å². The van der Waals surface area contributed by atoms with Gasteiger partial charge in [0.05, 0.1) is 5.69 Å². The minimum atomic E-state index is -0.447. The molecule has 0 saturated heterocycles. The zero-order valence-electron chi connectivity index (χ0n) is 8.87. The number of hydrogen-bond donors (Lipinski definition) is 0. The highest BCUT2D eigenvalue weighted by Gasteiger charge is 2.10. The molecule has 16 heavy (non-hydrogen) atoms. The number of benzene rings is 1. The fraction of sp³-hybridized carbons (Fsp3) is 0.182. The molecule has 2 aromatic rings. The highest BCUT2D eigenvalue weighted by molar-refractivity contribution is 7.07. The smallest absolute Gasteiger partial charge is 0.184 e. The van der Waals surface area contributed by atoms with Gasteiger partial charge in [-0.2, -0.15) is 0 Å². The van der Waals surface area contributed by atoms with Crippen LogP contribution in [0, 0.1) is 11.6 Å². The lowest BCUT2D eigenvalue weighted by atomic mass is 10.1. The van der Waals surface area contributed by atoms with Crippen LogP contribution >= 0.6 is 11.3 Å². The van der Waals surface area contributed by atoms with Crippen molar-refractivity contribution in [2.24, 2.45) is 12.0 Å². The van der Waals surface area contributed by atoms with Crippen LogP contribution in [0.25, 0.3) is 11.3 Å². The van der Waals surface area contributed by atoms with Crippen LogP contribution in [0.1, 0.15) is 0 Å². The quantitative estimate of drug-likeness (QED) is 0.729. The third kappa shape index (κ3) is 1.78. The number of thiazole rings is 1. The Kier molecular flexibility index (Phi) is 2.87. The molecular formula is C11H10F2N2S. The lowest BCUT2D eigenvalue weighted by Crippen LogP contribution is -2.11. The molecule has 0 radical (unpaired) electrons. The van der Waals surface area contributed by atoms with Crippen molar-refractivity contribution in [2.45, 2.75) is 0 Å². The molecule has 84 valence electrons. The van der Waals surface area contributed by atoms with Crippen molar-refractivity contribution in [2.75, 3.05) is 7.05 Å². The van der Waals surface area contributed by atoms with Crippen molar-refractivity contribution in [3.05, 3.63) is 40.0 Å². The normalized spacial score (nSPS) is 12.1. The van der Waals surface area contributed by atoms with Crippen molar-refractivity contribution in [1.29, 1.82) is 0 Å². The van der Waals surface area contributed by atoms with Crippen molar-refractivity contribution < 1.29 is 8.78 Å². The second-order valence-corrected chi connectivity index (χ2v) is 4.15. The van der Waals surface area contributed by atoms with E-state index in [1.807, 2.05) is 0 Å². The number of halogens is 2. The number of rotatable bonds is 1. The predicted octanol–water partition coefficient (Wildman–Crippen LogP) is 2.56. The molecule has 0 unspecified atom stereocenters. The molecule has 0 atom stereocenters. The predicted molar refractivity (Wildman–Crippen MR) is 60.1 cm³/mol. The lowest BCUT2D eigenvalue weighted by Gasteiger charge is -2.04. The third-order valence-electron chi connectivity index (χ3n) is 2.32. The van der Waals surface area contributed by atoms with Gasteiger partial charge in [-0.1, -0.05) is 0 Å². The van der Waals surface area contributed by atoms with E-state index in [1.54, 1.807) is 24.0 Å². The maximum Gasteiger partial charge on any atom is 0.184 e. The van der Waals surface area contributed by atoms with Gasteiger partial charge in [-0.15, -0.1) is 11.3 Å². The van der Waals surface area contributed by atoms with Crippen LogP contribution in [0.4, 0.5) is 8.78 Å². The van der Waals surface area contributed by atoms with E-state index in [-0.39, 0.29) is 5.56 Å². The molecule has 0 fully saturated rings. The van der Waals surface area contributed by atoms with Crippen LogP contribution in [0.15, 0.2) is 28.6 Å². The maximum atomic E-state index is 13.5. The Morgan fingerprint density at radius 2 is 2.06 bits per heavy atom. The van der Waals surface area contributed by atoms with Gasteiger partial charge < -0.3 is 4.57 Å². The van der Waals surface area contributed by atoms with E-state index in [0.29, 0.717) is 5.69 Å². The SMILES string of the molecule is CN=c1scc(-c2cc(F)ccc2F)n1C. The molecule has 0 saturated carbocycles. The molecule has 1 heterocycles. The highest BCUT2D eigenvalue weighted by atomic mass is 32.1. The molecule has 0 amide bonds. The largest absolute Gasteiger partial charge is 0.320 e. The van der Waals surface area contributed by atoms with Crippen molar-refractivity contribution in [1.82, 2.24) is 4.57 Å². The first-order chi connectivity index (χ1) is 7.63. The minimum Gasteiger partial charge on any atom is -0.320 e. The molecule has 0 spiro atoms.